The summed E-state index contributed by atoms with van der Waals surface area (Å²) in [6.45, 7) is 0. The lowest BCUT2D eigenvalue weighted by Gasteiger charge is -1.79. The maximum absolute atomic E-state index is 4.79. The van der Waals surface area contributed by atoms with Crippen LogP contribution in [0, 0.1) is 6.39 Å². The second-order valence-electron chi connectivity index (χ2n) is 1.70. The highest BCUT2D eigenvalue weighted by atomic mass is 16.5. The fourth-order valence-electron chi connectivity index (χ4n) is 0.645. The zero-order chi connectivity index (χ0) is 6.81. The first-order valence-electron chi connectivity index (χ1n) is 2.69. The molecule has 2 aromatic rings. The van der Waals surface area contributed by atoms with E-state index in [1.165, 1.54) is 6.26 Å². The average Bonchev–Trinajstić information content (AvgIpc) is 2.59. The first-order chi connectivity index (χ1) is 4.97. The van der Waals surface area contributed by atoms with E-state index in [4.69, 9.17) is 4.52 Å². The lowest BCUT2D eigenvalue weighted by molar-refractivity contribution is 0.431. The van der Waals surface area contributed by atoms with E-state index in [1.807, 2.05) is 0 Å². The maximum Gasteiger partial charge on any atom is 0.284 e. The summed E-state index contributed by atoms with van der Waals surface area (Å²) in [5, 5.41) is 3.51. The number of rotatable bonds is 1. The molecule has 0 aliphatic heterocycles. The molecule has 1 radical (unpaired) electrons. The first kappa shape index (κ1) is 5.22. The standard InChI is InChI=1S/C6H3N2O2/c1-2-8-10-6(1)5-3-9-4-7-5/h1-3H. The molecule has 4 heteroatoms. The summed E-state index contributed by atoms with van der Waals surface area (Å²) in [4.78, 5) is 3.73. The molecule has 0 spiro atoms. The molecule has 0 aliphatic rings. The van der Waals surface area contributed by atoms with Crippen molar-refractivity contribution in [1.29, 1.82) is 0 Å². The van der Waals surface area contributed by atoms with Gasteiger partial charge in [-0.3, -0.25) is 0 Å². The lowest BCUT2D eigenvalue weighted by Crippen LogP contribution is -1.68. The molecular formula is C6H3N2O2. The van der Waals surface area contributed by atoms with Crippen molar-refractivity contribution in [2.45, 2.75) is 0 Å². The minimum absolute atomic E-state index is 0.588. The van der Waals surface area contributed by atoms with Crippen LogP contribution in [0.3, 0.4) is 0 Å². The largest absolute Gasteiger partial charge is 0.440 e. The van der Waals surface area contributed by atoms with Crippen molar-refractivity contribution in [2.75, 3.05) is 0 Å². The van der Waals surface area contributed by atoms with Gasteiger partial charge in [0.05, 0.1) is 6.20 Å². The summed E-state index contributed by atoms with van der Waals surface area (Å²) in [5.41, 5.74) is 0.609. The number of nitrogens with zero attached hydrogens (tertiary/aromatic N) is 2. The number of hydrogen-bond acceptors (Lipinski definition) is 4. The van der Waals surface area contributed by atoms with E-state index >= 15 is 0 Å². The molecule has 0 bridgehead atoms. The minimum Gasteiger partial charge on any atom is -0.440 e. The van der Waals surface area contributed by atoms with Gasteiger partial charge in [0.1, 0.15) is 12.0 Å². The molecule has 0 fully saturated rings. The Bertz CT molecular complexity index is 253. The fourth-order valence-corrected chi connectivity index (χ4v) is 0.645. The Hall–Kier alpha value is -1.58. The van der Waals surface area contributed by atoms with Gasteiger partial charge in [0.25, 0.3) is 6.39 Å². The highest BCUT2D eigenvalue weighted by Crippen LogP contribution is 2.14. The quantitative estimate of drug-likeness (QED) is 0.588. The van der Waals surface area contributed by atoms with Crippen molar-refractivity contribution in [3.8, 4) is 11.5 Å². The second kappa shape index (κ2) is 1.98. The Morgan fingerprint density at radius 3 is 3.10 bits per heavy atom. The summed E-state index contributed by atoms with van der Waals surface area (Å²) >= 11 is 0. The highest BCUT2D eigenvalue weighted by Gasteiger charge is 2.02. The Morgan fingerprint density at radius 2 is 2.50 bits per heavy atom. The van der Waals surface area contributed by atoms with Crippen LogP contribution in [-0.2, 0) is 0 Å². The Kier molecular flexibility index (Phi) is 1.04. The number of hydrogen-bond donors (Lipinski definition) is 0. The summed E-state index contributed by atoms with van der Waals surface area (Å²) in [7, 11) is 0. The third kappa shape index (κ3) is 0.699. The van der Waals surface area contributed by atoms with Crippen LogP contribution in [-0.4, -0.2) is 10.1 Å². The topological polar surface area (TPSA) is 52.1 Å². The normalized spacial score (nSPS) is 10.0. The molecular weight excluding hydrogens is 132 g/mol. The van der Waals surface area contributed by atoms with Crippen LogP contribution in [0.2, 0.25) is 0 Å². The van der Waals surface area contributed by atoms with Gasteiger partial charge < -0.3 is 8.94 Å². The SMILES string of the molecule is [c]1nc(-c2ccno2)co1. The van der Waals surface area contributed by atoms with Crippen LogP contribution >= 0.6 is 0 Å². The summed E-state index contributed by atoms with van der Waals surface area (Å²) < 4.78 is 9.40. The third-order valence-corrected chi connectivity index (χ3v) is 1.08. The predicted octanol–water partition coefficient (Wildman–Crippen LogP) is 1.13. The predicted molar refractivity (Wildman–Crippen MR) is 30.8 cm³/mol. The molecule has 0 N–H and O–H groups in total. The second-order valence-corrected chi connectivity index (χ2v) is 1.70. The van der Waals surface area contributed by atoms with Gasteiger partial charge in [0.2, 0.25) is 0 Å². The zero-order valence-electron chi connectivity index (χ0n) is 4.94. The molecule has 0 atom stereocenters. The number of aromatic nitrogens is 2. The summed E-state index contributed by atoms with van der Waals surface area (Å²) in [6.07, 6.45) is 5.30. The third-order valence-electron chi connectivity index (χ3n) is 1.08. The van der Waals surface area contributed by atoms with Gasteiger partial charge in [-0.1, -0.05) is 5.16 Å². The van der Waals surface area contributed by atoms with Crippen molar-refractivity contribution in [3.05, 3.63) is 24.9 Å². The molecule has 2 heterocycles. The Balaban J connectivity index is 2.48. The van der Waals surface area contributed by atoms with E-state index < -0.39 is 0 Å². The molecule has 0 saturated carbocycles. The van der Waals surface area contributed by atoms with Gasteiger partial charge in [-0.05, 0) is 0 Å². The molecule has 49 valence electrons. The van der Waals surface area contributed by atoms with Crippen molar-refractivity contribution in [2.24, 2.45) is 0 Å². The molecule has 0 amide bonds. The molecule has 0 aromatic carbocycles. The first-order valence-corrected chi connectivity index (χ1v) is 2.69. The molecule has 0 unspecified atom stereocenters. The van der Waals surface area contributed by atoms with Crippen LogP contribution < -0.4 is 0 Å². The average molecular weight is 135 g/mol. The lowest BCUT2D eigenvalue weighted by atomic mass is 10.4. The van der Waals surface area contributed by atoms with E-state index in [9.17, 15) is 0 Å². The molecule has 0 aliphatic carbocycles. The van der Waals surface area contributed by atoms with Crippen LogP contribution in [0.5, 0.6) is 0 Å². The van der Waals surface area contributed by atoms with Gasteiger partial charge in [-0.25, -0.2) is 4.98 Å². The maximum atomic E-state index is 4.79. The van der Waals surface area contributed by atoms with Crippen molar-refractivity contribution in [1.82, 2.24) is 10.1 Å². The zero-order valence-corrected chi connectivity index (χ0v) is 4.94. The van der Waals surface area contributed by atoms with Crippen LogP contribution in [0.4, 0.5) is 0 Å². The fraction of sp³-hybridized carbons (Fsp3) is 0. The summed E-state index contributed by atoms with van der Waals surface area (Å²) in [5.74, 6) is 0.588. The molecule has 0 saturated heterocycles. The summed E-state index contributed by atoms with van der Waals surface area (Å²) in [6, 6.07) is 1.70. The van der Waals surface area contributed by atoms with Gasteiger partial charge in [-0.15, -0.1) is 0 Å². The van der Waals surface area contributed by atoms with Gasteiger partial charge in [-0.2, -0.15) is 0 Å². The van der Waals surface area contributed by atoms with Gasteiger partial charge >= 0.3 is 0 Å². The molecule has 2 aromatic heterocycles. The van der Waals surface area contributed by atoms with Crippen LogP contribution in [0.15, 0.2) is 27.5 Å². The monoisotopic (exact) mass is 135 g/mol. The van der Waals surface area contributed by atoms with Crippen LogP contribution in [0.25, 0.3) is 11.5 Å². The molecule has 2 rings (SSSR count). The smallest absolute Gasteiger partial charge is 0.284 e. The Labute approximate surface area is 56.5 Å². The van der Waals surface area contributed by atoms with E-state index in [-0.39, 0.29) is 0 Å². The van der Waals surface area contributed by atoms with Crippen molar-refractivity contribution >= 4 is 0 Å². The van der Waals surface area contributed by atoms with E-state index in [1.54, 1.807) is 12.3 Å². The van der Waals surface area contributed by atoms with E-state index in [2.05, 4.69) is 21.0 Å². The Morgan fingerprint density at radius 1 is 1.50 bits per heavy atom. The number of oxazole rings is 1. The van der Waals surface area contributed by atoms with E-state index in [0.29, 0.717) is 11.5 Å². The highest BCUT2D eigenvalue weighted by molar-refractivity contribution is 5.47. The molecule has 4 nitrogen and oxygen atoms in total. The van der Waals surface area contributed by atoms with Crippen molar-refractivity contribution < 1.29 is 8.94 Å². The van der Waals surface area contributed by atoms with Gasteiger partial charge in [0.15, 0.2) is 5.76 Å². The minimum atomic E-state index is 0.588. The van der Waals surface area contributed by atoms with E-state index in [0.717, 1.165) is 0 Å². The van der Waals surface area contributed by atoms with Gasteiger partial charge in [0, 0.05) is 6.07 Å². The van der Waals surface area contributed by atoms with Crippen LogP contribution in [0.1, 0.15) is 0 Å². The van der Waals surface area contributed by atoms with Crippen molar-refractivity contribution in [3.63, 3.8) is 0 Å². The molecule has 10 heavy (non-hydrogen) atoms.